The van der Waals surface area contributed by atoms with Gasteiger partial charge in [0.2, 0.25) is 0 Å². The normalized spacial score (nSPS) is 16.3. The maximum Gasteiger partial charge on any atom is 0.0589 e. The largest absolute Gasteiger partial charge is 0.305 e. The first-order valence-corrected chi connectivity index (χ1v) is 4.95. The number of fused-ring (bicyclic) bond motifs is 1. The summed E-state index contributed by atoms with van der Waals surface area (Å²) in [5.74, 6) is 0. The lowest BCUT2D eigenvalue weighted by Crippen LogP contribution is -2.11. The summed E-state index contributed by atoms with van der Waals surface area (Å²) in [5.41, 5.74) is 3.95. The monoisotopic (exact) mass is 191 g/mol. The maximum atomic E-state index is 4.49. The van der Waals surface area contributed by atoms with Gasteiger partial charge in [-0.1, -0.05) is 0 Å². The molecule has 1 aromatic heterocycles. The molecule has 76 valence electrons. The van der Waals surface area contributed by atoms with E-state index in [1.165, 1.54) is 16.8 Å². The van der Waals surface area contributed by atoms with Gasteiger partial charge in [0, 0.05) is 25.8 Å². The third-order valence-electron chi connectivity index (χ3n) is 2.48. The molecule has 3 nitrogen and oxygen atoms in total. The predicted octanol–water partition coefficient (Wildman–Crippen LogP) is 1.09. The summed E-state index contributed by atoms with van der Waals surface area (Å²) in [5, 5.41) is 0. The molecule has 0 aromatic carbocycles. The van der Waals surface area contributed by atoms with E-state index in [1.54, 1.807) is 0 Å². The molecule has 0 bridgehead atoms. The van der Waals surface area contributed by atoms with Crippen molar-refractivity contribution in [1.82, 2.24) is 14.8 Å². The Hall–Kier alpha value is -0.930. The van der Waals surface area contributed by atoms with E-state index in [0.29, 0.717) is 0 Å². The third kappa shape index (κ3) is 1.94. The van der Waals surface area contributed by atoms with Crippen molar-refractivity contribution in [3.05, 3.63) is 29.1 Å². The van der Waals surface area contributed by atoms with E-state index in [0.717, 1.165) is 19.6 Å². The molecule has 0 unspecified atom stereocenters. The van der Waals surface area contributed by atoms with Crippen molar-refractivity contribution >= 4 is 0 Å². The van der Waals surface area contributed by atoms with Gasteiger partial charge in [-0.25, -0.2) is 0 Å². The summed E-state index contributed by atoms with van der Waals surface area (Å²) in [6.07, 6.45) is 2.00. The molecule has 2 rings (SSSR count). The summed E-state index contributed by atoms with van der Waals surface area (Å²) in [7, 11) is 6.30. The number of hydrogen-bond acceptors (Lipinski definition) is 3. The molecular weight excluding hydrogens is 174 g/mol. The van der Waals surface area contributed by atoms with Crippen LogP contribution in [0.3, 0.4) is 0 Å². The summed E-state index contributed by atoms with van der Waals surface area (Å²) >= 11 is 0. The molecule has 0 atom stereocenters. The van der Waals surface area contributed by atoms with Gasteiger partial charge in [-0.15, -0.1) is 0 Å². The smallest absolute Gasteiger partial charge is 0.0589 e. The molecule has 1 aliphatic rings. The second-order valence-corrected chi connectivity index (χ2v) is 4.36. The first-order valence-electron chi connectivity index (χ1n) is 4.95. The van der Waals surface area contributed by atoms with Crippen LogP contribution in [0.5, 0.6) is 0 Å². The van der Waals surface area contributed by atoms with E-state index in [4.69, 9.17) is 0 Å². The van der Waals surface area contributed by atoms with Crippen LogP contribution >= 0.6 is 0 Å². The molecule has 0 fully saturated rings. The Kier molecular flexibility index (Phi) is 2.52. The van der Waals surface area contributed by atoms with Crippen LogP contribution in [0.25, 0.3) is 0 Å². The van der Waals surface area contributed by atoms with E-state index in [1.807, 2.05) is 6.20 Å². The highest BCUT2D eigenvalue weighted by Gasteiger charge is 2.16. The van der Waals surface area contributed by atoms with Crippen molar-refractivity contribution in [3.8, 4) is 0 Å². The summed E-state index contributed by atoms with van der Waals surface area (Å²) < 4.78 is 0. The van der Waals surface area contributed by atoms with Crippen molar-refractivity contribution < 1.29 is 0 Å². The topological polar surface area (TPSA) is 19.4 Å². The molecule has 0 saturated carbocycles. The summed E-state index contributed by atoms with van der Waals surface area (Å²) in [6.45, 7) is 3.02. The number of hydrogen-bond donors (Lipinski definition) is 0. The number of nitrogens with zero attached hydrogens (tertiary/aromatic N) is 3. The molecule has 0 amide bonds. The van der Waals surface area contributed by atoms with Gasteiger partial charge in [-0.2, -0.15) is 0 Å². The van der Waals surface area contributed by atoms with Crippen LogP contribution in [0, 0.1) is 0 Å². The van der Waals surface area contributed by atoms with Crippen molar-refractivity contribution in [3.63, 3.8) is 0 Å². The zero-order chi connectivity index (χ0) is 10.1. The van der Waals surface area contributed by atoms with Gasteiger partial charge in [0.1, 0.15) is 0 Å². The fraction of sp³-hybridized carbons (Fsp3) is 0.545. The van der Waals surface area contributed by atoms with Crippen LogP contribution in [0.1, 0.15) is 16.8 Å². The molecule has 2 heterocycles. The van der Waals surface area contributed by atoms with Crippen molar-refractivity contribution in [1.29, 1.82) is 0 Å². The number of rotatable bonds is 2. The maximum absolute atomic E-state index is 4.49. The lowest BCUT2D eigenvalue weighted by Gasteiger charge is -2.09. The Morgan fingerprint density at radius 3 is 2.93 bits per heavy atom. The van der Waals surface area contributed by atoms with Crippen molar-refractivity contribution in [2.45, 2.75) is 19.6 Å². The van der Waals surface area contributed by atoms with Gasteiger partial charge in [0.05, 0.1) is 5.69 Å². The Balaban J connectivity index is 2.20. The zero-order valence-electron chi connectivity index (χ0n) is 9.12. The van der Waals surface area contributed by atoms with Crippen LogP contribution in [0.2, 0.25) is 0 Å². The molecule has 0 radical (unpaired) electrons. The Morgan fingerprint density at radius 1 is 1.43 bits per heavy atom. The third-order valence-corrected chi connectivity index (χ3v) is 2.48. The van der Waals surface area contributed by atoms with Gasteiger partial charge >= 0.3 is 0 Å². The van der Waals surface area contributed by atoms with Crippen molar-refractivity contribution in [2.75, 3.05) is 21.1 Å². The van der Waals surface area contributed by atoms with Crippen LogP contribution in [-0.2, 0) is 19.6 Å². The van der Waals surface area contributed by atoms with Crippen LogP contribution < -0.4 is 0 Å². The Labute approximate surface area is 85.4 Å². The fourth-order valence-corrected chi connectivity index (χ4v) is 1.92. The highest BCUT2D eigenvalue weighted by Crippen LogP contribution is 2.20. The number of aromatic nitrogens is 1. The molecule has 1 aliphatic heterocycles. The molecule has 0 aliphatic carbocycles. The lowest BCUT2D eigenvalue weighted by atomic mass is 10.1. The number of pyridine rings is 1. The fourth-order valence-electron chi connectivity index (χ4n) is 1.92. The minimum absolute atomic E-state index is 0.976. The molecule has 3 heteroatoms. The Bertz CT molecular complexity index is 333. The first kappa shape index (κ1) is 9.62. The summed E-state index contributed by atoms with van der Waals surface area (Å²) in [4.78, 5) is 8.95. The van der Waals surface area contributed by atoms with E-state index < -0.39 is 0 Å². The van der Waals surface area contributed by atoms with Gasteiger partial charge in [0.25, 0.3) is 0 Å². The molecular formula is C11H17N3. The standard InChI is InChI=1S/C11H17N3/c1-13(2)6-9-4-10-7-14(3)8-11(10)12-5-9/h4-5H,6-8H2,1-3H3. The minimum atomic E-state index is 0.976. The van der Waals surface area contributed by atoms with Gasteiger partial charge < -0.3 is 4.90 Å². The van der Waals surface area contributed by atoms with E-state index in [9.17, 15) is 0 Å². The van der Waals surface area contributed by atoms with Crippen molar-refractivity contribution in [2.24, 2.45) is 0 Å². The Morgan fingerprint density at radius 2 is 2.21 bits per heavy atom. The highest BCUT2D eigenvalue weighted by molar-refractivity contribution is 5.28. The van der Waals surface area contributed by atoms with Gasteiger partial charge in [0.15, 0.2) is 0 Å². The van der Waals surface area contributed by atoms with E-state index in [-0.39, 0.29) is 0 Å². The molecule has 0 saturated heterocycles. The summed E-state index contributed by atoms with van der Waals surface area (Å²) in [6, 6.07) is 2.28. The molecule has 1 aromatic rings. The first-order chi connectivity index (χ1) is 6.65. The van der Waals surface area contributed by atoms with E-state index in [2.05, 4.69) is 42.0 Å². The lowest BCUT2D eigenvalue weighted by molar-refractivity contribution is 0.351. The second kappa shape index (κ2) is 3.67. The quantitative estimate of drug-likeness (QED) is 0.697. The van der Waals surface area contributed by atoms with Crippen LogP contribution in [0.4, 0.5) is 0 Å². The van der Waals surface area contributed by atoms with Gasteiger partial charge in [-0.3, -0.25) is 9.88 Å². The second-order valence-electron chi connectivity index (χ2n) is 4.36. The predicted molar refractivity (Wildman–Crippen MR) is 56.8 cm³/mol. The van der Waals surface area contributed by atoms with Crippen LogP contribution in [-0.4, -0.2) is 35.9 Å². The highest BCUT2D eigenvalue weighted by atomic mass is 15.1. The zero-order valence-corrected chi connectivity index (χ0v) is 9.12. The average molecular weight is 191 g/mol. The van der Waals surface area contributed by atoms with Crippen LogP contribution in [0.15, 0.2) is 12.3 Å². The SMILES string of the molecule is CN(C)Cc1cnc2c(c1)CN(C)C2. The molecule has 14 heavy (non-hydrogen) atoms. The molecule has 0 N–H and O–H groups in total. The van der Waals surface area contributed by atoms with E-state index >= 15 is 0 Å². The minimum Gasteiger partial charge on any atom is -0.305 e. The average Bonchev–Trinajstić information content (AvgIpc) is 2.42. The van der Waals surface area contributed by atoms with Gasteiger partial charge in [-0.05, 0) is 38.3 Å². The molecule has 0 spiro atoms.